The molecule has 1 amide bonds. The van der Waals surface area contributed by atoms with E-state index >= 15 is 0 Å². The highest BCUT2D eigenvalue weighted by Crippen LogP contribution is 2.25. The highest BCUT2D eigenvalue weighted by molar-refractivity contribution is 7.92. The summed E-state index contributed by atoms with van der Waals surface area (Å²) in [7, 11) is -3.89. The van der Waals surface area contributed by atoms with Gasteiger partial charge in [0.2, 0.25) is 5.88 Å². The molecule has 4 aromatic rings. The van der Waals surface area contributed by atoms with Gasteiger partial charge in [-0.2, -0.15) is 0 Å². The summed E-state index contributed by atoms with van der Waals surface area (Å²) in [6, 6.07) is 14.4. The first kappa shape index (κ1) is 23.1. The number of sulfonamides is 1. The number of anilines is 2. The van der Waals surface area contributed by atoms with E-state index in [9.17, 15) is 13.2 Å². The Kier molecular flexibility index (Phi) is 6.37. The fraction of sp³-hybridized carbons (Fsp3) is 0.174. The molecule has 0 aliphatic rings. The second kappa shape index (κ2) is 9.40. The van der Waals surface area contributed by atoms with E-state index < -0.39 is 15.9 Å². The summed E-state index contributed by atoms with van der Waals surface area (Å²) in [5, 5.41) is 10.2. The summed E-state index contributed by atoms with van der Waals surface area (Å²) in [4.78, 5) is 12.6. The zero-order chi connectivity index (χ0) is 24.3. The van der Waals surface area contributed by atoms with Gasteiger partial charge in [-0.1, -0.05) is 10.3 Å². The van der Waals surface area contributed by atoms with Gasteiger partial charge in [-0.25, -0.2) is 13.1 Å². The smallest absolute Gasteiger partial charge is 0.277 e. The molecule has 0 unspecified atom stereocenters. The molecule has 2 aromatic heterocycles. The van der Waals surface area contributed by atoms with Crippen molar-refractivity contribution in [2.75, 3.05) is 16.6 Å². The number of amides is 1. The lowest BCUT2D eigenvalue weighted by Gasteiger charge is -2.07. The quantitative estimate of drug-likeness (QED) is 0.377. The van der Waals surface area contributed by atoms with E-state index in [0.29, 0.717) is 29.3 Å². The van der Waals surface area contributed by atoms with Crippen molar-refractivity contribution >= 4 is 27.5 Å². The first-order chi connectivity index (χ1) is 16.3. The SMILES string of the molecule is CCOc1ccc(-c2cc(C(=O)Nc3ccc(S(=O)(=O)Nc4onc(C)c4C)cc3)no2)cc1. The summed E-state index contributed by atoms with van der Waals surface area (Å²) in [6.07, 6.45) is 0. The molecule has 10 nitrogen and oxygen atoms in total. The van der Waals surface area contributed by atoms with Crippen LogP contribution in [0.4, 0.5) is 11.6 Å². The molecule has 2 aromatic carbocycles. The topological polar surface area (TPSA) is 137 Å². The van der Waals surface area contributed by atoms with Crippen molar-refractivity contribution in [2.45, 2.75) is 25.7 Å². The Morgan fingerprint density at radius 3 is 2.32 bits per heavy atom. The van der Waals surface area contributed by atoms with Crippen molar-refractivity contribution in [1.82, 2.24) is 10.3 Å². The molecule has 4 rings (SSSR count). The van der Waals surface area contributed by atoms with Crippen molar-refractivity contribution in [2.24, 2.45) is 0 Å². The zero-order valence-corrected chi connectivity index (χ0v) is 19.5. The second-order valence-corrected chi connectivity index (χ2v) is 9.02. The standard InChI is InChI=1S/C23H22N4O6S/c1-4-31-18-9-5-16(6-10-18)21-13-20(26-32-21)22(28)24-17-7-11-19(12-8-17)34(29,30)27-23-14(2)15(3)25-33-23/h5-13,27H,4H2,1-3H3,(H,24,28). The first-order valence-electron chi connectivity index (χ1n) is 10.3. The molecule has 0 bridgehead atoms. The van der Waals surface area contributed by atoms with Crippen molar-refractivity contribution in [3.05, 3.63) is 71.5 Å². The summed E-state index contributed by atoms with van der Waals surface area (Å²) < 4.78 is 43.3. The molecule has 0 spiro atoms. The monoisotopic (exact) mass is 482 g/mol. The Balaban J connectivity index is 1.42. The van der Waals surface area contributed by atoms with Crippen LogP contribution in [0.3, 0.4) is 0 Å². The third kappa shape index (κ3) is 4.94. The van der Waals surface area contributed by atoms with Crippen molar-refractivity contribution in [3.8, 4) is 17.1 Å². The minimum atomic E-state index is -3.89. The number of aryl methyl sites for hydroxylation is 1. The molecule has 176 valence electrons. The highest BCUT2D eigenvalue weighted by Gasteiger charge is 2.20. The maximum Gasteiger partial charge on any atom is 0.277 e. The van der Waals surface area contributed by atoms with Crippen molar-refractivity contribution < 1.29 is 27.0 Å². The average molecular weight is 483 g/mol. The van der Waals surface area contributed by atoms with Crippen LogP contribution in [0.15, 0.2) is 68.5 Å². The van der Waals surface area contributed by atoms with Crippen LogP contribution in [0.25, 0.3) is 11.3 Å². The van der Waals surface area contributed by atoms with Crippen LogP contribution in [0, 0.1) is 13.8 Å². The molecular formula is C23H22N4O6S. The number of nitrogens with zero attached hydrogens (tertiary/aromatic N) is 2. The fourth-order valence-corrected chi connectivity index (χ4v) is 4.05. The molecule has 0 aliphatic carbocycles. The van der Waals surface area contributed by atoms with E-state index in [1.54, 1.807) is 26.0 Å². The van der Waals surface area contributed by atoms with E-state index in [0.717, 1.165) is 11.3 Å². The molecule has 0 atom stereocenters. The maximum absolute atomic E-state index is 12.6. The zero-order valence-electron chi connectivity index (χ0n) is 18.7. The van der Waals surface area contributed by atoms with Gasteiger partial charge in [0.1, 0.15) is 5.75 Å². The molecular weight excluding hydrogens is 460 g/mol. The number of benzene rings is 2. The third-order valence-electron chi connectivity index (χ3n) is 5.00. The Bertz CT molecular complexity index is 1410. The summed E-state index contributed by atoms with van der Waals surface area (Å²) in [5.41, 5.74) is 2.41. The van der Waals surface area contributed by atoms with E-state index in [-0.39, 0.29) is 16.5 Å². The first-order valence-corrected chi connectivity index (χ1v) is 11.8. The predicted molar refractivity (Wildman–Crippen MR) is 124 cm³/mol. The highest BCUT2D eigenvalue weighted by atomic mass is 32.2. The van der Waals surface area contributed by atoms with Gasteiger partial charge in [0.25, 0.3) is 15.9 Å². The van der Waals surface area contributed by atoms with Crippen LogP contribution < -0.4 is 14.8 Å². The molecule has 0 aliphatic heterocycles. The largest absolute Gasteiger partial charge is 0.494 e. The van der Waals surface area contributed by atoms with Gasteiger partial charge >= 0.3 is 0 Å². The number of ether oxygens (including phenoxy) is 1. The van der Waals surface area contributed by atoms with E-state index in [1.165, 1.54) is 30.3 Å². The fourth-order valence-electron chi connectivity index (χ4n) is 3.00. The molecule has 11 heteroatoms. The summed E-state index contributed by atoms with van der Waals surface area (Å²) in [5.74, 6) is 0.723. The predicted octanol–water partition coefficient (Wildman–Crippen LogP) is 4.40. The molecule has 2 heterocycles. The summed E-state index contributed by atoms with van der Waals surface area (Å²) >= 11 is 0. The molecule has 2 N–H and O–H groups in total. The van der Waals surface area contributed by atoms with E-state index in [4.69, 9.17) is 13.8 Å². The minimum Gasteiger partial charge on any atom is -0.494 e. The molecule has 0 fully saturated rings. The number of hydrogen-bond donors (Lipinski definition) is 2. The number of hydrogen-bond acceptors (Lipinski definition) is 8. The third-order valence-corrected chi connectivity index (χ3v) is 6.35. The van der Waals surface area contributed by atoms with E-state index in [1.807, 2.05) is 19.1 Å². The average Bonchev–Trinajstić information content (AvgIpc) is 3.43. The Morgan fingerprint density at radius 1 is 1.00 bits per heavy atom. The van der Waals surface area contributed by atoms with Crippen LogP contribution in [-0.2, 0) is 10.0 Å². The second-order valence-electron chi connectivity index (χ2n) is 7.34. The molecule has 0 saturated carbocycles. The maximum atomic E-state index is 12.6. The van der Waals surface area contributed by atoms with Crippen LogP contribution in [0.1, 0.15) is 28.7 Å². The molecule has 34 heavy (non-hydrogen) atoms. The lowest BCUT2D eigenvalue weighted by atomic mass is 10.1. The van der Waals surface area contributed by atoms with Gasteiger partial charge in [0, 0.05) is 22.9 Å². The normalized spacial score (nSPS) is 11.3. The van der Waals surface area contributed by atoms with Gasteiger partial charge < -0.3 is 19.1 Å². The lowest BCUT2D eigenvalue weighted by molar-refractivity contribution is 0.101. The van der Waals surface area contributed by atoms with Crippen molar-refractivity contribution in [1.29, 1.82) is 0 Å². The number of carbonyl (C=O) groups excluding carboxylic acids is 1. The lowest BCUT2D eigenvalue weighted by Crippen LogP contribution is -2.14. The Labute approximate surface area is 195 Å². The Hall–Kier alpha value is -4.12. The number of carbonyl (C=O) groups is 1. The number of nitrogens with one attached hydrogen (secondary N) is 2. The van der Waals surface area contributed by atoms with Crippen LogP contribution in [0.2, 0.25) is 0 Å². The van der Waals surface area contributed by atoms with Gasteiger partial charge in [-0.05, 0) is 69.3 Å². The number of aromatic nitrogens is 2. The van der Waals surface area contributed by atoms with Crippen LogP contribution in [-0.4, -0.2) is 31.2 Å². The van der Waals surface area contributed by atoms with Crippen molar-refractivity contribution in [3.63, 3.8) is 0 Å². The number of rotatable bonds is 8. The van der Waals surface area contributed by atoms with Gasteiger partial charge in [-0.15, -0.1) is 0 Å². The van der Waals surface area contributed by atoms with Crippen LogP contribution in [0.5, 0.6) is 5.75 Å². The Morgan fingerprint density at radius 2 is 1.71 bits per heavy atom. The van der Waals surface area contributed by atoms with Gasteiger partial charge in [-0.3, -0.25) is 4.79 Å². The van der Waals surface area contributed by atoms with E-state index in [2.05, 4.69) is 20.4 Å². The van der Waals surface area contributed by atoms with Crippen LogP contribution >= 0.6 is 0 Å². The van der Waals surface area contributed by atoms with Gasteiger partial charge in [0.05, 0.1) is 17.2 Å². The molecule has 0 radical (unpaired) electrons. The summed E-state index contributed by atoms with van der Waals surface area (Å²) in [6.45, 7) is 5.88. The minimum absolute atomic E-state index is 0.00169. The van der Waals surface area contributed by atoms with Gasteiger partial charge in [0.15, 0.2) is 11.5 Å². The molecule has 0 saturated heterocycles.